The third kappa shape index (κ3) is 3.35. The molecule has 1 nitrogen and oxygen atoms in total. The van der Waals surface area contributed by atoms with Crippen molar-refractivity contribution in [2.45, 2.75) is 33.6 Å². The van der Waals surface area contributed by atoms with Gasteiger partial charge in [-0.15, -0.1) is 0 Å². The van der Waals surface area contributed by atoms with Gasteiger partial charge >= 0.3 is 0 Å². The molecular formula is C18H21N. The highest BCUT2D eigenvalue weighted by molar-refractivity contribution is 5.75. The van der Waals surface area contributed by atoms with E-state index in [0.29, 0.717) is 0 Å². The number of hydrogen-bond acceptors (Lipinski definition) is 1. The van der Waals surface area contributed by atoms with Crippen LogP contribution in [-0.2, 0) is 0 Å². The molecule has 0 aliphatic heterocycles. The Kier molecular flexibility index (Phi) is 3.62. The normalized spacial score (nSPS) is 22.7. The molecule has 1 heteroatoms. The van der Waals surface area contributed by atoms with Crippen molar-refractivity contribution in [1.82, 2.24) is 0 Å². The average Bonchev–Trinajstić information content (AvgIpc) is 2.39. The van der Waals surface area contributed by atoms with Gasteiger partial charge in [0.1, 0.15) is 0 Å². The van der Waals surface area contributed by atoms with Gasteiger partial charge in [0.15, 0.2) is 0 Å². The second-order valence-electron chi connectivity index (χ2n) is 6.57. The molecule has 0 aromatic heterocycles. The Morgan fingerprint density at radius 3 is 2.37 bits per heavy atom. The van der Waals surface area contributed by atoms with E-state index < -0.39 is 0 Å². The number of rotatable bonds is 2. The number of benzene rings is 1. The highest BCUT2D eigenvalue weighted by Crippen LogP contribution is 2.41. The van der Waals surface area contributed by atoms with Crippen molar-refractivity contribution in [1.29, 1.82) is 5.26 Å². The molecule has 0 saturated carbocycles. The van der Waals surface area contributed by atoms with Crippen molar-refractivity contribution in [3.8, 4) is 6.07 Å². The van der Waals surface area contributed by atoms with Crippen LogP contribution < -0.4 is 0 Å². The second kappa shape index (κ2) is 5.05. The molecule has 0 spiro atoms. The molecule has 2 rings (SSSR count). The summed E-state index contributed by atoms with van der Waals surface area (Å²) in [5, 5.41) is 9.53. The Balaban J connectivity index is 2.20. The maximum Gasteiger partial charge on any atom is 0.0796 e. The molecule has 0 saturated heterocycles. The molecule has 1 unspecified atom stereocenters. The molecule has 98 valence electrons. The Hall–Kier alpha value is -1.81. The van der Waals surface area contributed by atoms with Crippen LogP contribution in [0.5, 0.6) is 0 Å². The van der Waals surface area contributed by atoms with E-state index in [-0.39, 0.29) is 10.8 Å². The summed E-state index contributed by atoms with van der Waals surface area (Å²) >= 11 is 0. The third-order valence-corrected chi connectivity index (χ3v) is 3.44. The summed E-state index contributed by atoms with van der Waals surface area (Å²) in [4.78, 5) is 0. The minimum absolute atomic E-state index is 0.165. The molecule has 19 heavy (non-hydrogen) atoms. The highest BCUT2D eigenvalue weighted by atomic mass is 14.4. The molecule has 1 aliphatic rings. The Morgan fingerprint density at radius 2 is 1.89 bits per heavy atom. The van der Waals surface area contributed by atoms with Gasteiger partial charge in [0.05, 0.1) is 11.5 Å². The first-order valence-corrected chi connectivity index (χ1v) is 6.80. The SMILES string of the molecule is CC(C)(C)CC1(C#N)C=CC(c2ccccc2)=CC1. The number of nitrogens with zero attached hydrogens (tertiary/aromatic N) is 1. The van der Waals surface area contributed by atoms with Crippen molar-refractivity contribution in [2.24, 2.45) is 10.8 Å². The van der Waals surface area contributed by atoms with Gasteiger partial charge in [0.25, 0.3) is 0 Å². The Bertz CT molecular complexity index is 537. The molecule has 0 fully saturated rings. The topological polar surface area (TPSA) is 23.8 Å². The lowest BCUT2D eigenvalue weighted by atomic mass is 9.70. The van der Waals surface area contributed by atoms with Crippen molar-refractivity contribution in [2.75, 3.05) is 0 Å². The van der Waals surface area contributed by atoms with Crippen LogP contribution in [-0.4, -0.2) is 0 Å². The average molecular weight is 251 g/mol. The predicted octanol–water partition coefficient (Wildman–Crippen LogP) is 4.98. The third-order valence-electron chi connectivity index (χ3n) is 3.44. The molecule has 0 heterocycles. The summed E-state index contributed by atoms with van der Waals surface area (Å²) in [6, 6.07) is 12.9. The van der Waals surface area contributed by atoms with Crippen LogP contribution >= 0.6 is 0 Å². The van der Waals surface area contributed by atoms with Gasteiger partial charge in [0, 0.05) is 0 Å². The lowest BCUT2D eigenvalue weighted by Gasteiger charge is -2.32. The fourth-order valence-corrected chi connectivity index (χ4v) is 2.72. The van der Waals surface area contributed by atoms with Gasteiger partial charge in [-0.1, -0.05) is 69.3 Å². The molecule has 0 bridgehead atoms. The van der Waals surface area contributed by atoms with Crippen molar-refractivity contribution in [3.05, 3.63) is 54.1 Å². The van der Waals surface area contributed by atoms with Crippen LogP contribution in [0, 0.1) is 22.2 Å². The maximum atomic E-state index is 9.53. The molecule has 1 atom stereocenters. The quantitative estimate of drug-likeness (QED) is 0.727. The van der Waals surface area contributed by atoms with E-state index in [9.17, 15) is 5.26 Å². The van der Waals surface area contributed by atoms with Crippen LogP contribution in [0.3, 0.4) is 0 Å². The maximum absolute atomic E-state index is 9.53. The Morgan fingerprint density at radius 1 is 1.21 bits per heavy atom. The second-order valence-corrected chi connectivity index (χ2v) is 6.57. The van der Waals surface area contributed by atoms with Crippen LogP contribution in [0.15, 0.2) is 48.6 Å². The number of allylic oxidation sites excluding steroid dienone is 4. The van der Waals surface area contributed by atoms with Gasteiger partial charge in [-0.3, -0.25) is 0 Å². The minimum Gasteiger partial charge on any atom is -0.197 e. The lowest BCUT2D eigenvalue weighted by molar-refractivity contribution is 0.277. The summed E-state index contributed by atoms with van der Waals surface area (Å²) in [5.41, 5.74) is 2.27. The largest absolute Gasteiger partial charge is 0.197 e. The zero-order valence-electron chi connectivity index (χ0n) is 12.0. The van der Waals surface area contributed by atoms with Crippen molar-refractivity contribution in [3.63, 3.8) is 0 Å². The first-order valence-electron chi connectivity index (χ1n) is 6.80. The van der Waals surface area contributed by atoms with Crippen molar-refractivity contribution >= 4 is 5.57 Å². The van der Waals surface area contributed by atoms with E-state index in [1.165, 1.54) is 11.1 Å². The smallest absolute Gasteiger partial charge is 0.0796 e. The summed E-state index contributed by atoms with van der Waals surface area (Å²) in [6.45, 7) is 6.57. The van der Waals surface area contributed by atoms with Crippen LogP contribution in [0.1, 0.15) is 39.2 Å². The van der Waals surface area contributed by atoms with Crippen molar-refractivity contribution < 1.29 is 0 Å². The van der Waals surface area contributed by atoms with E-state index in [1.54, 1.807) is 0 Å². The molecule has 0 radical (unpaired) electrons. The molecule has 0 N–H and O–H groups in total. The monoisotopic (exact) mass is 251 g/mol. The number of hydrogen-bond donors (Lipinski definition) is 0. The van der Waals surface area contributed by atoms with E-state index in [1.807, 2.05) is 18.2 Å². The zero-order valence-corrected chi connectivity index (χ0v) is 12.0. The summed E-state index contributed by atoms with van der Waals surface area (Å²) in [7, 11) is 0. The summed E-state index contributed by atoms with van der Waals surface area (Å²) < 4.78 is 0. The first kappa shape index (κ1) is 13.6. The minimum atomic E-state index is -0.337. The van der Waals surface area contributed by atoms with E-state index in [4.69, 9.17) is 0 Å². The fraction of sp³-hybridized carbons (Fsp3) is 0.389. The fourth-order valence-electron chi connectivity index (χ4n) is 2.72. The van der Waals surface area contributed by atoms with E-state index >= 15 is 0 Å². The van der Waals surface area contributed by atoms with Gasteiger partial charge in [0.2, 0.25) is 0 Å². The highest BCUT2D eigenvalue weighted by Gasteiger charge is 2.33. The van der Waals surface area contributed by atoms with Gasteiger partial charge in [-0.05, 0) is 29.4 Å². The molecular weight excluding hydrogens is 230 g/mol. The van der Waals surface area contributed by atoms with Gasteiger partial charge in [-0.25, -0.2) is 0 Å². The first-order chi connectivity index (χ1) is 8.94. The van der Waals surface area contributed by atoms with E-state index in [0.717, 1.165) is 12.8 Å². The van der Waals surface area contributed by atoms with Crippen LogP contribution in [0.2, 0.25) is 0 Å². The summed E-state index contributed by atoms with van der Waals surface area (Å²) in [5.74, 6) is 0. The lowest BCUT2D eigenvalue weighted by Crippen LogP contribution is -2.24. The van der Waals surface area contributed by atoms with Gasteiger partial charge < -0.3 is 0 Å². The molecule has 1 aromatic carbocycles. The Labute approximate surface area is 116 Å². The van der Waals surface area contributed by atoms with E-state index in [2.05, 4.69) is 57.2 Å². The molecule has 1 aliphatic carbocycles. The molecule has 1 aromatic rings. The van der Waals surface area contributed by atoms with Gasteiger partial charge in [-0.2, -0.15) is 5.26 Å². The standard InChI is InChI=1S/C18H21N/c1-17(2,3)13-18(14-19)11-9-16(10-12-18)15-7-5-4-6-8-15/h4-11H,12-13H2,1-3H3. The predicted molar refractivity (Wildman–Crippen MR) is 80.3 cm³/mol. The van der Waals surface area contributed by atoms with Crippen LogP contribution in [0.4, 0.5) is 0 Å². The van der Waals surface area contributed by atoms with Crippen LogP contribution in [0.25, 0.3) is 5.57 Å². The summed E-state index contributed by atoms with van der Waals surface area (Å²) in [6.07, 6.45) is 8.10. The number of nitriles is 1. The zero-order chi connectivity index (χ0) is 13.9. The molecule has 0 amide bonds.